The van der Waals surface area contributed by atoms with Crippen molar-refractivity contribution >= 4 is 33.6 Å². The molecule has 1 fully saturated rings. The summed E-state index contributed by atoms with van der Waals surface area (Å²) in [7, 11) is 1.60. The Labute approximate surface area is 166 Å². The number of halogens is 1. The fourth-order valence-corrected chi connectivity index (χ4v) is 4.66. The monoisotopic (exact) mass is 400 g/mol. The van der Waals surface area contributed by atoms with Crippen LogP contribution in [0, 0.1) is 6.57 Å². The van der Waals surface area contributed by atoms with Gasteiger partial charge in [0.15, 0.2) is 0 Å². The molecule has 1 aliphatic heterocycles. The van der Waals surface area contributed by atoms with E-state index < -0.39 is 0 Å². The van der Waals surface area contributed by atoms with Gasteiger partial charge in [0.1, 0.15) is 11.6 Å². The Morgan fingerprint density at radius 2 is 2.19 bits per heavy atom. The van der Waals surface area contributed by atoms with Crippen LogP contribution < -0.4 is 9.64 Å². The summed E-state index contributed by atoms with van der Waals surface area (Å²) < 4.78 is 10.7. The van der Waals surface area contributed by atoms with E-state index in [1.54, 1.807) is 36.9 Å². The summed E-state index contributed by atoms with van der Waals surface area (Å²) in [6.45, 7) is 10.7. The minimum atomic E-state index is 0.540. The average Bonchev–Trinajstić information content (AvgIpc) is 3.36. The Morgan fingerprint density at radius 3 is 2.81 bits per heavy atom. The van der Waals surface area contributed by atoms with Gasteiger partial charge in [0.05, 0.1) is 41.8 Å². The highest BCUT2D eigenvalue weighted by molar-refractivity contribution is 7.20. The molecule has 1 saturated heterocycles. The molecule has 3 aromatic rings. The highest BCUT2D eigenvalue weighted by atomic mass is 35.5. The third-order valence-electron chi connectivity index (χ3n) is 4.43. The molecule has 0 amide bonds. The fourth-order valence-electron chi connectivity index (χ4n) is 3.13. The maximum Gasteiger partial charge on any atom is 0.229 e. The number of methoxy groups -OCH3 is 1. The molecular formula is C19H17ClN4O2S. The van der Waals surface area contributed by atoms with Gasteiger partial charge < -0.3 is 19.4 Å². The zero-order chi connectivity index (χ0) is 18.8. The topological polar surface area (TPSA) is 54.7 Å². The van der Waals surface area contributed by atoms with Gasteiger partial charge in [0.2, 0.25) is 5.69 Å². The van der Waals surface area contributed by atoms with Crippen molar-refractivity contribution in [2.75, 3.05) is 38.3 Å². The molecule has 0 aliphatic carbocycles. The number of benzene rings is 1. The average molecular weight is 401 g/mol. The van der Waals surface area contributed by atoms with Gasteiger partial charge in [0, 0.05) is 31.0 Å². The van der Waals surface area contributed by atoms with Gasteiger partial charge in [-0.1, -0.05) is 17.7 Å². The lowest BCUT2D eigenvalue weighted by Crippen LogP contribution is -2.35. The molecular weight excluding hydrogens is 384 g/mol. The molecule has 1 aromatic carbocycles. The van der Waals surface area contributed by atoms with Crippen LogP contribution in [0.1, 0.15) is 0 Å². The summed E-state index contributed by atoms with van der Waals surface area (Å²) in [4.78, 5) is 14.6. The lowest BCUT2D eigenvalue weighted by Gasteiger charge is -2.28. The number of morpholine rings is 1. The van der Waals surface area contributed by atoms with Crippen molar-refractivity contribution in [1.82, 2.24) is 9.97 Å². The number of rotatable bonds is 4. The van der Waals surface area contributed by atoms with Crippen LogP contribution in [0.3, 0.4) is 0 Å². The van der Waals surface area contributed by atoms with E-state index in [1.165, 1.54) is 0 Å². The highest BCUT2D eigenvalue weighted by Gasteiger charge is 2.27. The van der Waals surface area contributed by atoms with Crippen LogP contribution in [0.2, 0.25) is 5.02 Å². The van der Waals surface area contributed by atoms with Gasteiger partial charge >= 0.3 is 0 Å². The van der Waals surface area contributed by atoms with E-state index in [0.717, 1.165) is 39.9 Å². The van der Waals surface area contributed by atoms with Gasteiger partial charge in [-0.15, -0.1) is 11.3 Å². The first-order valence-electron chi connectivity index (χ1n) is 8.43. The Kier molecular flexibility index (Phi) is 5.03. The molecule has 0 unspecified atom stereocenters. The Hall–Kier alpha value is -2.53. The molecule has 1 aliphatic rings. The number of aromatic nitrogens is 2. The molecule has 4 rings (SSSR count). The number of nitrogens with zero attached hydrogens (tertiary/aromatic N) is 3. The van der Waals surface area contributed by atoms with Crippen LogP contribution in [0.15, 0.2) is 30.6 Å². The van der Waals surface area contributed by atoms with Crippen molar-refractivity contribution in [3.63, 3.8) is 0 Å². The highest BCUT2D eigenvalue weighted by Crippen LogP contribution is 2.53. The van der Waals surface area contributed by atoms with E-state index in [0.29, 0.717) is 29.7 Å². The zero-order valence-electron chi connectivity index (χ0n) is 14.7. The van der Waals surface area contributed by atoms with E-state index in [-0.39, 0.29) is 0 Å². The third kappa shape index (κ3) is 3.28. The maximum atomic E-state index is 7.86. The quantitative estimate of drug-likeness (QED) is 0.636. The molecule has 27 heavy (non-hydrogen) atoms. The van der Waals surface area contributed by atoms with Gasteiger partial charge in [-0.2, -0.15) is 0 Å². The molecule has 8 heteroatoms. The van der Waals surface area contributed by atoms with Gasteiger partial charge in [-0.3, -0.25) is 0 Å². The van der Waals surface area contributed by atoms with Gasteiger partial charge in [-0.25, -0.2) is 9.83 Å². The fraction of sp³-hybridized carbons (Fsp3) is 0.263. The molecule has 0 bridgehead atoms. The smallest absolute Gasteiger partial charge is 0.229 e. The summed E-state index contributed by atoms with van der Waals surface area (Å²) >= 11 is 8.12. The minimum absolute atomic E-state index is 0.540. The molecule has 3 heterocycles. The maximum absolute atomic E-state index is 7.86. The molecule has 0 spiro atoms. The van der Waals surface area contributed by atoms with Crippen molar-refractivity contribution in [3.8, 4) is 27.6 Å². The number of ether oxygens (including phenoxy) is 2. The third-order valence-corrected chi connectivity index (χ3v) is 5.99. The second-order valence-electron chi connectivity index (χ2n) is 5.95. The molecule has 0 saturated carbocycles. The van der Waals surface area contributed by atoms with Crippen molar-refractivity contribution in [3.05, 3.63) is 47.0 Å². The van der Waals surface area contributed by atoms with Crippen molar-refractivity contribution in [2.45, 2.75) is 0 Å². The predicted octanol–water partition coefficient (Wildman–Crippen LogP) is 4.85. The van der Waals surface area contributed by atoms with Gasteiger partial charge in [-0.05, 0) is 17.7 Å². The van der Waals surface area contributed by atoms with Crippen molar-refractivity contribution in [2.24, 2.45) is 0 Å². The Bertz CT molecular complexity index is 988. The van der Waals surface area contributed by atoms with E-state index in [9.17, 15) is 0 Å². The molecule has 0 radical (unpaired) electrons. The van der Waals surface area contributed by atoms with Crippen molar-refractivity contribution < 1.29 is 9.47 Å². The second-order valence-corrected chi connectivity index (χ2v) is 7.36. The van der Waals surface area contributed by atoms with Crippen molar-refractivity contribution in [1.29, 1.82) is 0 Å². The van der Waals surface area contributed by atoms with Gasteiger partial charge in [0.25, 0.3) is 0 Å². The van der Waals surface area contributed by atoms with E-state index in [4.69, 9.17) is 27.6 Å². The number of hydrogen-bond acceptors (Lipinski definition) is 5. The first-order valence-corrected chi connectivity index (χ1v) is 9.63. The van der Waals surface area contributed by atoms with E-state index in [1.807, 2.05) is 12.1 Å². The number of hydrogen-bond donors (Lipinski definition) is 1. The lowest BCUT2D eigenvalue weighted by molar-refractivity contribution is 0.123. The number of H-pyrrole nitrogens is 1. The largest absolute Gasteiger partial charge is 0.497 e. The predicted molar refractivity (Wildman–Crippen MR) is 108 cm³/mol. The zero-order valence-corrected chi connectivity index (χ0v) is 16.2. The van der Waals surface area contributed by atoms with Crippen LogP contribution >= 0.6 is 22.9 Å². The van der Waals surface area contributed by atoms with Crippen LogP contribution in [0.4, 0.5) is 10.7 Å². The second kappa shape index (κ2) is 7.61. The summed E-state index contributed by atoms with van der Waals surface area (Å²) in [5.41, 5.74) is 2.20. The number of thiophene rings is 1. The molecule has 2 aromatic heterocycles. The summed E-state index contributed by atoms with van der Waals surface area (Å²) in [6.07, 6.45) is 3.49. The lowest BCUT2D eigenvalue weighted by atomic mass is 10.0. The van der Waals surface area contributed by atoms with E-state index >= 15 is 0 Å². The summed E-state index contributed by atoms with van der Waals surface area (Å²) in [6, 6.07) is 5.52. The molecule has 1 N–H and O–H groups in total. The molecule has 0 atom stereocenters. The minimum Gasteiger partial charge on any atom is -0.497 e. The standard InChI is InChI=1S/C19H17ClN4O2S/c1-21-16-15(13-4-3-12(25-2)11-14(13)20)17(18-22-5-6-23-18)27-19(16)24-7-9-26-10-8-24/h3-6,11H,7-10H2,2H3,(H,22,23). The number of imidazole rings is 1. The number of anilines is 1. The Balaban J connectivity index is 1.93. The van der Waals surface area contributed by atoms with Crippen LogP contribution in [-0.4, -0.2) is 43.4 Å². The molecule has 6 nitrogen and oxygen atoms in total. The number of aromatic amines is 1. The van der Waals surface area contributed by atoms with Crippen LogP contribution in [-0.2, 0) is 4.74 Å². The van der Waals surface area contributed by atoms with E-state index in [2.05, 4.69) is 19.7 Å². The van der Waals surface area contributed by atoms with Crippen LogP contribution in [0.25, 0.3) is 26.7 Å². The Morgan fingerprint density at radius 1 is 1.37 bits per heavy atom. The first kappa shape index (κ1) is 17.9. The molecule has 138 valence electrons. The first-order chi connectivity index (χ1) is 13.2. The summed E-state index contributed by atoms with van der Waals surface area (Å²) in [5, 5.41) is 1.47. The SMILES string of the molecule is [C-]#[N+]c1c(N2CCOCC2)sc(-c2ncc[nH]2)c1-c1ccc(OC)cc1Cl. The number of nitrogens with one attached hydrogen (secondary N) is 1. The summed E-state index contributed by atoms with van der Waals surface area (Å²) in [5.74, 6) is 1.41. The van der Waals surface area contributed by atoms with Crippen LogP contribution in [0.5, 0.6) is 5.75 Å². The normalized spacial score (nSPS) is 14.2.